The zero-order valence-electron chi connectivity index (χ0n) is 12.6. The molecule has 0 N–H and O–H groups in total. The Hall–Kier alpha value is -2.56. The van der Waals surface area contributed by atoms with Crippen molar-refractivity contribution in [3.8, 4) is 0 Å². The topological polar surface area (TPSA) is 59.0 Å². The van der Waals surface area contributed by atoms with Crippen molar-refractivity contribution in [2.45, 2.75) is 19.8 Å². The van der Waals surface area contributed by atoms with Gasteiger partial charge in [0.2, 0.25) is 0 Å². The van der Waals surface area contributed by atoms with Gasteiger partial charge in [0.15, 0.2) is 0 Å². The molecule has 0 aromatic carbocycles. The van der Waals surface area contributed by atoms with Gasteiger partial charge in [0, 0.05) is 31.2 Å². The van der Waals surface area contributed by atoms with Gasteiger partial charge < -0.3 is 4.90 Å². The van der Waals surface area contributed by atoms with E-state index in [1.807, 2.05) is 30.0 Å². The zero-order chi connectivity index (χ0) is 15.4. The molecule has 22 heavy (non-hydrogen) atoms. The molecule has 2 aromatic heterocycles. The van der Waals surface area contributed by atoms with Crippen molar-refractivity contribution in [3.05, 3.63) is 59.4 Å². The monoisotopic (exact) mass is 294 g/mol. The largest absolute Gasteiger partial charge is 0.337 e. The van der Waals surface area contributed by atoms with E-state index in [1.165, 1.54) is 11.8 Å². The smallest absolute Gasteiger partial charge is 0.274 e. The highest BCUT2D eigenvalue weighted by atomic mass is 16.2. The summed E-state index contributed by atoms with van der Waals surface area (Å²) in [4.78, 5) is 26.7. The van der Waals surface area contributed by atoms with E-state index in [1.54, 1.807) is 12.4 Å². The van der Waals surface area contributed by atoms with Crippen LogP contribution < -0.4 is 0 Å². The van der Waals surface area contributed by atoms with Gasteiger partial charge in [-0.15, -0.1) is 0 Å². The lowest BCUT2D eigenvalue weighted by molar-refractivity contribution is 0.0737. The number of aryl methyl sites for hydroxylation is 1. The molecule has 0 atom stereocenters. The van der Waals surface area contributed by atoms with E-state index in [0.29, 0.717) is 18.8 Å². The number of carbonyl (C=O) groups is 1. The Morgan fingerprint density at radius 2 is 2.05 bits per heavy atom. The molecule has 1 fully saturated rings. The van der Waals surface area contributed by atoms with Crippen LogP contribution in [-0.2, 0) is 0 Å². The fourth-order valence-corrected chi connectivity index (χ4v) is 2.57. The minimum absolute atomic E-state index is 0.0409. The number of likely N-dealkylation sites (tertiary alicyclic amines) is 1. The Bertz CT molecular complexity index is 687. The summed E-state index contributed by atoms with van der Waals surface area (Å²) in [6.45, 7) is 3.42. The Morgan fingerprint density at radius 1 is 1.23 bits per heavy atom. The molecule has 2 aromatic rings. The predicted octanol–water partition coefficient (Wildman–Crippen LogP) is 2.50. The first-order valence-corrected chi connectivity index (χ1v) is 7.41. The first-order valence-electron chi connectivity index (χ1n) is 7.41. The molecule has 5 nitrogen and oxygen atoms in total. The molecule has 5 heteroatoms. The van der Waals surface area contributed by atoms with Crippen molar-refractivity contribution in [1.82, 2.24) is 19.9 Å². The lowest BCUT2D eigenvalue weighted by atomic mass is 10.0. The fraction of sp³-hybridized carbons (Fsp3) is 0.294. The second-order valence-corrected chi connectivity index (χ2v) is 5.39. The number of piperidine rings is 1. The maximum Gasteiger partial charge on any atom is 0.274 e. The van der Waals surface area contributed by atoms with Crippen LogP contribution in [0.2, 0.25) is 0 Å². The van der Waals surface area contributed by atoms with Gasteiger partial charge in [0.25, 0.3) is 5.91 Å². The molecule has 0 spiro atoms. The predicted molar refractivity (Wildman–Crippen MR) is 84.1 cm³/mol. The average molecular weight is 294 g/mol. The molecule has 1 aliphatic rings. The number of aromatic nitrogens is 3. The van der Waals surface area contributed by atoms with Gasteiger partial charge in [-0.25, -0.2) is 4.98 Å². The van der Waals surface area contributed by atoms with Crippen molar-refractivity contribution in [2.75, 3.05) is 13.1 Å². The summed E-state index contributed by atoms with van der Waals surface area (Å²) in [7, 11) is 0. The highest BCUT2D eigenvalue weighted by Gasteiger charge is 2.21. The molecule has 0 aliphatic carbocycles. The van der Waals surface area contributed by atoms with E-state index >= 15 is 0 Å². The number of hydrogen-bond acceptors (Lipinski definition) is 4. The number of carbonyl (C=O) groups excluding carboxylic acids is 1. The van der Waals surface area contributed by atoms with Crippen LogP contribution in [0.15, 0.2) is 42.4 Å². The van der Waals surface area contributed by atoms with Gasteiger partial charge in [-0.2, -0.15) is 0 Å². The molecule has 3 rings (SSSR count). The van der Waals surface area contributed by atoms with E-state index in [0.717, 1.165) is 24.2 Å². The third kappa shape index (κ3) is 3.36. The summed E-state index contributed by atoms with van der Waals surface area (Å²) >= 11 is 0. The van der Waals surface area contributed by atoms with Crippen LogP contribution in [0.25, 0.3) is 6.08 Å². The van der Waals surface area contributed by atoms with Crippen LogP contribution in [0.5, 0.6) is 0 Å². The van der Waals surface area contributed by atoms with E-state index in [9.17, 15) is 4.79 Å². The van der Waals surface area contributed by atoms with E-state index in [4.69, 9.17) is 0 Å². The van der Waals surface area contributed by atoms with Crippen molar-refractivity contribution in [1.29, 1.82) is 0 Å². The molecular formula is C17H18N4O. The van der Waals surface area contributed by atoms with Gasteiger partial charge in [-0.3, -0.25) is 14.8 Å². The van der Waals surface area contributed by atoms with E-state index in [2.05, 4.69) is 21.0 Å². The van der Waals surface area contributed by atoms with Crippen molar-refractivity contribution in [3.63, 3.8) is 0 Å². The Kier molecular flexibility index (Phi) is 4.23. The van der Waals surface area contributed by atoms with Crippen LogP contribution >= 0.6 is 0 Å². The fourth-order valence-electron chi connectivity index (χ4n) is 2.57. The quantitative estimate of drug-likeness (QED) is 0.854. The van der Waals surface area contributed by atoms with Crippen molar-refractivity contribution in [2.24, 2.45) is 0 Å². The Morgan fingerprint density at radius 3 is 2.73 bits per heavy atom. The summed E-state index contributed by atoms with van der Waals surface area (Å²) in [6, 6.07) is 6.02. The van der Waals surface area contributed by atoms with Crippen LogP contribution in [0.3, 0.4) is 0 Å². The van der Waals surface area contributed by atoms with Gasteiger partial charge in [0.1, 0.15) is 5.69 Å². The first kappa shape index (κ1) is 14.4. The minimum atomic E-state index is -0.0409. The van der Waals surface area contributed by atoms with Gasteiger partial charge in [-0.05, 0) is 38.0 Å². The normalized spacial score (nSPS) is 14.8. The maximum absolute atomic E-state index is 12.3. The number of pyridine rings is 1. The SMILES string of the molecule is Cc1cccc(C=C2CCN(C(=O)c3cnccn3)CC2)n1. The number of hydrogen-bond donors (Lipinski definition) is 0. The molecule has 1 aliphatic heterocycles. The Labute approximate surface area is 129 Å². The molecule has 112 valence electrons. The number of nitrogens with zero attached hydrogens (tertiary/aromatic N) is 4. The third-order valence-electron chi connectivity index (χ3n) is 3.74. The highest BCUT2D eigenvalue weighted by Crippen LogP contribution is 2.20. The molecular weight excluding hydrogens is 276 g/mol. The average Bonchev–Trinajstić information content (AvgIpc) is 2.56. The van der Waals surface area contributed by atoms with Gasteiger partial charge in [-0.1, -0.05) is 11.6 Å². The summed E-state index contributed by atoms with van der Waals surface area (Å²) < 4.78 is 0. The number of amides is 1. The summed E-state index contributed by atoms with van der Waals surface area (Å²) in [5.41, 5.74) is 3.75. The lowest BCUT2D eigenvalue weighted by Crippen LogP contribution is -2.36. The molecule has 3 heterocycles. The van der Waals surface area contributed by atoms with Crippen LogP contribution in [0.1, 0.15) is 34.7 Å². The standard InChI is InChI=1S/C17H18N4O/c1-13-3-2-4-15(20-13)11-14-5-9-21(10-6-14)17(22)16-12-18-7-8-19-16/h2-4,7-8,11-12H,5-6,9-10H2,1H3. The Balaban J connectivity index is 1.64. The van der Waals surface area contributed by atoms with Crippen LogP contribution in [0.4, 0.5) is 0 Å². The van der Waals surface area contributed by atoms with E-state index < -0.39 is 0 Å². The number of rotatable bonds is 2. The van der Waals surface area contributed by atoms with Crippen molar-refractivity contribution >= 4 is 12.0 Å². The molecule has 1 amide bonds. The second-order valence-electron chi connectivity index (χ2n) is 5.39. The lowest BCUT2D eigenvalue weighted by Gasteiger charge is -2.28. The van der Waals surface area contributed by atoms with Crippen LogP contribution in [0, 0.1) is 6.92 Å². The molecule has 0 saturated carbocycles. The summed E-state index contributed by atoms with van der Waals surface area (Å²) in [6.07, 6.45) is 8.53. The second kappa shape index (κ2) is 6.47. The van der Waals surface area contributed by atoms with Crippen molar-refractivity contribution < 1.29 is 4.79 Å². The molecule has 0 radical (unpaired) electrons. The summed E-state index contributed by atoms with van der Waals surface area (Å²) in [5, 5.41) is 0. The highest BCUT2D eigenvalue weighted by molar-refractivity contribution is 5.92. The van der Waals surface area contributed by atoms with Gasteiger partial charge >= 0.3 is 0 Å². The van der Waals surface area contributed by atoms with Crippen LogP contribution in [-0.4, -0.2) is 38.8 Å². The van der Waals surface area contributed by atoms with Gasteiger partial charge in [0.05, 0.1) is 11.9 Å². The van der Waals surface area contributed by atoms with E-state index in [-0.39, 0.29) is 5.91 Å². The third-order valence-corrected chi connectivity index (χ3v) is 3.74. The molecule has 0 bridgehead atoms. The first-order chi connectivity index (χ1) is 10.7. The zero-order valence-corrected chi connectivity index (χ0v) is 12.6. The summed E-state index contributed by atoms with van der Waals surface area (Å²) in [5.74, 6) is -0.0409. The molecule has 1 saturated heterocycles. The minimum Gasteiger partial charge on any atom is -0.337 e. The maximum atomic E-state index is 12.3. The molecule has 0 unspecified atom stereocenters.